The Hall–Kier alpha value is -3.25. The van der Waals surface area contributed by atoms with E-state index < -0.39 is 0 Å². The van der Waals surface area contributed by atoms with Crippen LogP contribution in [0.4, 0.5) is 5.69 Å². The minimum absolute atomic E-state index is 0.0725. The number of likely N-dealkylation sites (tertiary alicyclic amines) is 1. The van der Waals surface area contributed by atoms with Gasteiger partial charge in [0.05, 0.1) is 17.9 Å². The van der Waals surface area contributed by atoms with Crippen molar-refractivity contribution in [2.45, 2.75) is 25.4 Å². The van der Waals surface area contributed by atoms with E-state index in [4.69, 9.17) is 18.0 Å². The van der Waals surface area contributed by atoms with Gasteiger partial charge in [0.15, 0.2) is 5.11 Å². The topological polar surface area (TPSA) is 107 Å². The number of hydrogen-bond donors (Lipinski definition) is 1. The van der Waals surface area contributed by atoms with Gasteiger partial charge in [0.25, 0.3) is 0 Å². The molecule has 1 aromatic heterocycles. The normalized spacial score (nSPS) is 18.3. The molecule has 8 nitrogen and oxygen atoms in total. The van der Waals surface area contributed by atoms with Crippen LogP contribution in [-0.2, 0) is 9.59 Å². The molecule has 1 saturated heterocycles. The molecule has 0 spiro atoms. The summed E-state index contributed by atoms with van der Waals surface area (Å²) in [7, 11) is 1.64. The van der Waals surface area contributed by atoms with Gasteiger partial charge in [0, 0.05) is 30.4 Å². The molecule has 1 unspecified atom stereocenters. The molecule has 0 aliphatic carbocycles. The van der Waals surface area contributed by atoms with Gasteiger partial charge in [-0.1, -0.05) is 24.3 Å². The Morgan fingerprint density at radius 1 is 1.45 bits per heavy atom. The van der Waals surface area contributed by atoms with Crippen LogP contribution >= 0.6 is 12.2 Å². The summed E-state index contributed by atoms with van der Waals surface area (Å²) >= 11 is 5.06. The monoisotopic (exact) mass is 410 g/mol. The molecule has 1 aromatic carbocycles. The lowest BCUT2D eigenvalue weighted by Crippen LogP contribution is -2.45. The zero-order chi connectivity index (χ0) is 21.1. The Labute approximate surface area is 174 Å². The van der Waals surface area contributed by atoms with Crippen molar-refractivity contribution >= 4 is 46.1 Å². The third kappa shape index (κ3) is 3.98. The van der Waals surface area contributed by atoms with Gasteiger partial charge in [0.1, 0.15) is 18.3 Å². The number of aromatic nitrogens is 1. The minimum atomic E-state index is -0.254. The van der Waals surface area contributed by atoms with Crippen LogP contribution in [0.2, 0.25) is 0 Å². The number of benzene rings is 1. The molecule has 29 heavy (non-hydrogen) atoms. The average molecular weight is 411 g/mol. The summed E-state index contributed by atoms with van der Waals surface area (Å²) in [5, 5.41) is 11.0. The summed E-state index contributed by atoms with van der Waals surface area (Å²) in [5.74, 6) is -0.254. The van der Waals surface area contributed by atoms with E-state index in [-0.39, 0.29) is 24.5 Å². The van der Waals surface area contributed by atoms with E-state index in [2.05, 4.69) is 11.1 Å². The summed E-state index contributed by atoms with van der Waals surface area (Å²) in [6, 6.07) is 9.33. The molecule has 1 fully saturated rings. The number of nitriles is 1. The first-order valence-corrected chi connectivity index (χ1v) is 9.59. The molecule has 0 radical (unpaired) electrons. The highest BCUT2D eigenvalue weighted by Gasteiger charge is 2.34. The van der Waals surface area contributed by atoms with Crippen molar-refractivity contribution in [3.05, 3.63) is 36.2 Å². The van der Waals surface area contributed by atoms with Gasteiger partial charge < -0.3 is 20.4 Å². The molecule has 9 heteroatoms. The number of nitrogens with zero attached hydrogens (tertiary/aromatic N) is 5. The molecule has 0 saturated carbocycles. The molecule has 2 aromatic rings. The summed E-state index contributed by atoms with van der Waals surface area (Å²) < 4.78 is 0. The smallest absolute Gasteiger partial charge is 0.246 e. The molecule has 150 valence electrons. The van der Waals surface area contributed by atoms with Gasteiger partial charge in [-0.2, -0.15) is 5.26 Å². The zero-order valence-electron chi connectivity index (χ0n) is 16.3. The van der Waals surface area contributed by atoms with Crippen LogP contribution in [0.25, 0.3) is 10.8 Å². The molecular formula is C20H22N6O2S. The standard InChI is InChI=1S/C20H22N6O2S/c1-13-7-14(10-26(13)20(22)29)25(12-27)11-19(28)24(2)18-9-23-17(8-21)15-5-3-4-6-16(15)18/h3-6,9,12-14H,7,10-11H2,1-2H3,(H2,22,29)/t13-,14?/m1/s1. The Morgan fingerprint density at radius 2 is 2.14 bits per heavy atom. The predicted octanol–water partition coefficient (Wildman–Crippen LogP) is 1.23. The van der Waals surface area contributed by atoms with E-state index in [0.717, 1.165) is 5.39 Å². The fourth-order valence-corrected chi connectivity index (χ4v) is 3.99. The molecule has 1 aliphatic heterocycles. The van der Waals surface area contributed by atoms with Crippen LogP contribution in [0, 0.1) is 11.3 Å². The lowest BCUT2D eigenvalue weighted by atomic mass is 10.1. The van der Waals surface area contributed by atoms with Crippen molar-refractivity contribution in [1.29, 1.82) is 5.26 Å². The number of fused-ring (bicyclic) bond motifs is 1. The molecule has 2 amide bonds. The number of pyridine rings is 1. The Balaban J connectivity index is 1.80. The number of amides is 2. The number of hydrogen-bond acceptors (Lipinski definition) is 5. The summed E-state index contributed by atoms with van der Waals surface area (Å²) in [5.41, 5.74) is 6.63. The van der Waals surface area contributed by atoms with Gasteiger partial charge in [-0.25, -0.2) is 4.98 Å². The van der Waals surface area contributed by atoms with Gasteiger partial charge in [0.2, 0.25) is 12.3 Å². The molecule has 0 bridgehead atoms. The van der Waals surface area contributed by atoms with Crippen molar-refractivity contribution in [2.75, 3.05) is 25.0 Å². The first-order chi connectivity index (χ1) is 13.9. The minimum Gasteiger partial charge on any atom is -0.376 e. The third-order valence-corrected chi connectivity index (χ3v) is 5.61. The average Bonchev–Trinajstić information content (AvgIpc) is 3.12. The van der Waals surface area contributed by atoms with Gasteiger partial charge in [-0.3, -0.25) is 9.59 Å². The molecule has 3 rings (SSSR count). The summed E-state index contributed by atoms with van der Waals surface area (Å²) in [4.78, 5) is 33.6. The van der Waals surface area contributed by atoms with Crippen molar-refractivity contribution in [1.82, 2.24) is 14.8 Å². The van der Waals surface area contributed by atoms with E-state index in [9.17, 15) is 14.9 Å². The number of nitrogens with two attached hydrogens (primary N) is 1. The Kier molecular flexibility index (Phi) is 5.94. The number of rotatable bonds is 5. The largest absolute Gasteiger partial charge is 0.376 e. The van der Waals surface area contributed by atoms with Crippen molar-refractivity contribution in [3.8, 4) is 6.07 Å². The Morgan fingerprint density at radius 3 is 2.72 bits per heavy atom. The maximum atomic E-state index is 12.9. The van der Waals surface area contributed by atoms with Crippen LogP contribution < -0.4 is 10.6 Å². The fourth-order valence-electron chi connectivity index (χ4n) is 3.73. The number of thiocarbonyl (C=S) groups is 1. The first-order valence-electron chi connectivity index (χ1n) is 9.18. The fraction of sp³-hybridized carbons (Fsp3) is 0.350. The van der Waals surface area contributed by atoms with Crippen LogP contribution in [-0.4, -0.2) is 64.4 Å². The van der Waals surface area contributed by atoms with E-state index >= 15 is 0 Å². The van der Waals surface area contributed by atoms with Crippen molar-refractivity contribution < 1.29 is 9.59 Å². The number of likely N-dealkylation sites (N-methyl/N-ethyl adjacent to an activating group) is 1. The highest BCUT2D eigenvalue weighted by molar-refractivity contribution is 7.80. The molecule has 2 atom stereocenters. The van der Waals surface area contributed by atoms with E-state index in [1.54, 1.807) is 13.1 Å². The maximum Gasteiger partial charge on any atom is 0.246 e. The number of carbonyl (C=O) groups excluding carboxylic acids is 2. The number of anilines is 1. The van der Waals surface area contributed by atoms with Gasteiger partial charge >= 0.3 is 0 Å². The predicted molar refractivity (Wildman–Crippen MR) is 114 cm³/mol. The molecule has 2 N–H and O–H groups in total. The summed E-state index contributed by atoms with van der Waals surface area (Å²) in [6.07, 6.45) is 2.89. The highest BCUT2D eigenvalue weighted by Crippen LogP contribution is 2.27. The van der Waals surface area contributed by atoms with Crippen molar-refractivity contribution in [2.24, 2.45) is 5.73 Å². The van der Waals surface area contributed by atoms with E-state index in [0.29, 0.717) is 41.3 Å². The quantitative estimate of drug-likeness (QED) is 0.584. The van der Waals surface area contributed by atoms with E-state index in [1.165, 1.54) is 16.0 Å². The second kappa shape index (κ2) is 8.41. The van der Waals surface area contributed by atoms with Crippen LogP contribution in [0.5, 0.6) is 0 Å². The second-order valence-electron chi connectivity index (χ2n) is 7.11. The van der Waals surface area contributed by atoms with Crippen LogP contribution in [0.3, 0.4) is 0 Å². The molecular weight excluding hydrogens is 388 g/mol. The lowest BCUT2D eigenvalue weighted by Gasteiger charge is -2.27. The molecule has 2 heterocycles. The van der Waals surface area contributed by atoms with E-state index in [1.807, 2.05) is 30.0 Å². The zero-order valence-corrected chi connectivity index (χ0v) is 17.1. The second-order valence-corrected chi connectivity index (χ2v) is 7.53. The first kappa shape index (κ1) is 20.5. The highest BCUT2D eigenvalue weighted by atomic mass is 32.1. The SMILES string of the molecule is C[C@@H]1CC(N(C=O)CC(=O)N(C)c2cnc(C#N)c3ccccc23)CN1C(N)=S. The van der Waals surface area contributed by atoms with Crippen LogP contribution in [0.1, 0.15) is 19.0 Å². The summed E-state index contributed by atoms with van der Waals surface area (Å²) in [6.45, 7) is 2.43. The van der Waals surface area contributed by atoms with Crippen LogP contribution in [0.15, 0.2) is 30.5 Å². The number of carbonyl (C=O) groups is 2. The van der Waals surface area contributed by atoms with Crippen molar-refractivity contribution in [3.63, 3.8) is 0 Å². The molecule has 1 aliphatic rings. The van der Waals surface area contributed by atoms with Gasteiger partial charge in [-0.15, -0.1) is 0 Å². The Bertz CT molecular complexity index is 1000. The third-order valence-electron chi connectivity index (χ3n) is 5.37. The maximum absolute atomic E-state index is 12.9. The lowest BCUT2D eigenvalue weighted by molar-refractivity contribution is -0.127. The van der Waals surface area contributed by atoms with Gasteiger partial charge in [-0.05, 0) is 25.6 Å².